The maximum atomic E-state index is 13.6. The van der Waals surface area contributed by atoms with Crippen LogP contribution >= 0.6 is 11.8 Å². The molecule has 3 aromatic rings. The van der Waals surface area contributed by atoms with Crippen molar-refractivity contribution in [2.45, 2.75) is 35.4 Å². The highest BCUT2D eigenvalue weighted by molar-refractivity contribution is 7.99. The number of alkyl halides is 3. The lowest BCUT2D eigenvalue weighted by Gasteiger charge is -2.26. The van der Waals surface area contributed by atoms with Gasteiger partial charge in [0.2, 0.25) is 6.29 Å². The molecule has 2 fully saturated rings. The third-order valence-electron chi connectivity index (χ3n) is 5.23. The molecule has 0 aliphatic carbocycles. The number of hydrogen-bond acceptors (Lipinski definition) is 7. The molecule has 2 aliphatic rings. The highest BCUT2D eigenvalue weighted by Crippen LogP contribution is 2.38. The van der Waals surface area contributed by atoms with Crippen LogP contribution in [0.25, 0.3) is 22.0 Å². The van der Waals surface area contributed by atoms with Crippen molar-refractivity contribution in [1.29, 1.82) is 0 Å². The Balaban J connectivity index is 1.53. The zero-order valence-corrected chi connectivity index (χ0v) is 16.7. The first-order valence-electron chi connectivity index (χ1n) is 9.51. The van der Waals surface area contributed by atoms with Crippen molar-refractivity contribution < 1.29 is 27.9 Å². The summed E-state index contributed by atoms with van der Waals surface area (Å²) in [6.45, 7) is 0.262. The Morgan fingerprint density at radius 2 is 1.87 bits per heavy atom. The van der Waals surface area contributed by atoms with Crippen molar-refractivity contribution >= 4 is 28.2 Å². The van der Waals surface area contributed by atoms with Crippen LogP contribution in [0.2, 0.25) is 0 Å². The van der Waals surface area contributed by atoms with E-state index in [0.29, 0.717) is 17.7 Å². The lowest BCUT2D eigenvalue weighted by atomic mass is 10.0. The number of ether oxygens (including phenoxy) is 2. The Hall–Kier alpha value is -2.69. The van der Waals surface area contributed by atoms with Crippen LogP contribution in [0.15, 0.2) is 58.8 Å². The number of hydrogen-bond donors (Lipinski definition) is 1. The Morgan fingerprint density at radius 3 is 2.65 bits per heavy atom. The molecule has 0 spiro atoms. The number of nitrogens with zero attached hydrogens (tertiary/aromatic N) is 3. The van der Waals surface area contributed by atoms with Crippen LogP contribution in [0, 0.1) is 0 Å². The Labute approximate surface area is 179 Å². The molecule has 1 aromatic heterocycles. The quantitative estimate of drug-likeness (QED) is 0.355. The molecule has 160 valence electrons. The molecule has 31 heavy (non-hydrogen) atoms. The third kappa shape index (κ3) is 3.98. The fraction of sp³-hybridized carbons (Fsp3) is 0.286. The standard InChI is InChI=1S/C21H16F3N3O3S/c22-21(23,24)18-9-14(13-6-5-11-3-1-2-4-12(11)7-13)25-20(26-18)31-17-8-15(27-28)19-29-10-16(17)30-19/h1-7,9,16-17,19,28H,8,10H2/t16-,17+,19-/m1/s1. The summed E-state index contributed by atoms with van der Waals surface area (Å²) in [6, 6.07) is 14.0. The molecular weight excluding hydrogens is 431 g/mol. The van der Waals surface area contributed by atoms with Crippen LogP contribution < -0.4 is 0 Å². The maximum absolute atomic E-state index is 13.6. The van der Waals surface area contributed by atoms with E-state index in [2.05, 4.69) is 15.1 Å². The first-order chi connectivity index (χ1) is 14.9. The number of rotatable bonds is 3. The molecule has 2 bridgehead atoms. The molecule has 0 amide bonds. The number of halogens is 3. The van der Waals surface area contributed by atoms with Crippen molar-refractivity contribution in [2.24, 2.45) is 5.16 Å². The van der Waals surface area contributed by atoms with E-state index in [4.69, 9.17) is 14.7 Å². The SMILES string of the molecule is ON=C1C[C@H](Sc2nc(-c3ccc4ccccc4c3)cc(C(F)(F)F)n2)[C@H]2CO[C@@H]1O2. The van der Waals surface area contributed by atoms with E-state index < -0.39 is 18.2 Å². The van der Waals surface area contributed by atoms with E-state index >= 15 is 0 Å². The van der Waals surface area contributed by atoms with Crippen LogP contribution in [-0.2, 0) is 15.7 Å². The maximum Gasteiger partial charge on any atom is 0.433 e. The molecule has 0 unspecified atom stereocenters. The Kier molecular flexibility index (Phi) is 5.07. The minimum Gasteiger partial charge on any atom is -0.411 e. The summed E-state index contributed by atoms with van der Waals surface area (Å²) in [5.41, 5.74) is 0.0357. The summed E-state index contributed by atoms with van der Waals surface area (Å²) < 4.78 is 51.7. The van der Waals surface area contributed by atoms with Gasteiger partial charge in [-0.2, -0.15) is 13.2 Å². The molecule has 2 aromatic carbocycles. The van der Waals surface area contributed by atoms with Gasteiger partial charge in [-0.3, -0.25) is 0 Å². The van der Waals surface area contributed by atoms with E-state index in [1.165, 1.54) is 0 Å². The van der Waals surface area contributed by atoms with Gasteiger partial charge in [0.15, 0.2) is 5.16 Å². The second kappa shape index (κ2) is 7.77. The molecule has 2 aliphatic heterocycles. The van der Waals surface area contributed by atoms with Crippen molar-refractivity contribution in [2.75, 3.05) is 6.61 Å². The second-order valence-electron chi connectivity index (χ2n) is 7.27. The zero-order chi connectivity index (χ0) is 21.6. The third-order valence-corrected chi connectivity index (χ3v) is 6.40. The van der Waals surface area contributed by atoms with Crippen molar-refractivity contribution in [3.05, 3.63) is 54.2 Å². The lowest BCUT2D eigenvalue weighted by Crippen LogP contribution is -2.37. The summed E-state index contributed by atoms with van der Waals surface area (Å²) in [4.78, 5) is 8.15. The van der Waals surface area contributed by atoms with Crippen LogP contribution in [0.3, 0.4) is 0 Å². The first kappa shape index (κ1) is 20.2. The second-order valence-corrected chi connectivity index (χ2v) is 8.48. The molecule has 6 nitrogen and oxygen atoms in total. The molecule has 0 radical (unpaired) electrons. The minimum absolute atomic E-state index is 0.0192. The highest BCUT2D eigenvalue weighted by atomic mass is 32.2. The van der Waals surface area contributed by atoms with Crippen LogP contribution in [-0.4, -0.2) is 45.1 Å². The molecule has 3 heterocycles. The lowest BCUT2D eigenvalue weighted by molar-refractivity contribution is -0.141. The van der Waals surface area contributed by atoms with Crippen molar-refractivity contribution in [3.63, 3.8) is 0 Å². The van der Waals surface area contributed by atoms with Gasteiger partial charge in [0.25, 0.3) is 0 Å². The predicted molar refractivity (Wildman–Crippen MR) is 108 cm³/mol. The number of benzene rings is 2. The number of oxime groups is 1. The zero-order valence-electron chi connectivity index (χ0n) is 15.9. The van der Waals surface area contributed by atoms with Crippen molar-refractivity contribution in [3.8, 4) is 11.3 Å². The van der Waals surface area contributed by atoms with Gasteiger partial charge in [-0.15, -0.1) is 0 Å². The normalized spacial score (nSPS) is 24.7. The van der Waals surface area contributed by atoms with Crippen molar-refractivity contribution in [1.82, 2.24) is 9.97 Å². The highest BCUT2D eigenvalue weighted by Gasteiger charge is 2.43. The minimum atomic E-state index is -4.62. The largest absolute Gasteiger partial charge is 0.433 e. The van der Waals surface area contributed by atoms with Gasteiger partial charge in [-0.1, -0.05) is 53.3 Å². The van der Waals surface area contributed by atoms with E-state index in [1.54, 1.807) is 6.07 Å². The molecular formula is C21H16F3N3O3S. The molecule has 1 N–H and O–H groups in total. The van der Waals surface area contributed by atoms with Gasteiger partial charge in [0.05, 0.1) is 18.4 Å². The molecule has 3 atom stereocenters. The summed E-state index contributed by atoms with van der Waals surface area (Å²) in [7, 11) is 0. The molecule has 10 heteroatoms. The first-order valence-corrected chi connectivity index (χ1v) is 10.4. The number of thioether (sulfide) groups is 1. The average molecular weight is 447 g/mol. The van der Waals surface area contributed by atoms with Gasteiger partial charge >= 0.3 is 6.18 Å². The van der Waals surface area contributed by atoms with Crippen LogP contribution in [0.4, 0.5) is 13.2 Å². The van der Waals surface area contributed by atoms with E-state index in [-0.39, 0.29) is 28.8 Å². The summed E-state index contributed by atoms with van der Waals surface area (Å²) in [5.74, 6) is 0. The Bertz CT molecular complexity index is 1170. The average Bonchev–Trinajstić information content (AvgIpc) is 3.19. The van der Waals surface area contributed by atoms with Crippen LogP contribution in [0.5, 0.6) is 0 Å². The van der Waals surface area contributed by atoms with Gasteiger partial charge in [0.1, 0.15) is 11.4 Å². The van der Waals surface area contributed by atoms with Gasteiger partial charge in [0, 0.05) is 17.2 Å². The number of fused-ring (bicyclic) bond motifs is 3. The number of aromatic nitrogens is 2. The van der Waals surface area contributed by atoms with Crippen LogP contribution in [0.1, 0.15) is 12.1 Å². The fourth-order valence-corrected chi connectivity index (χ4v) is 4.81. The van der Waals surface area contributed by atoms with Gasteiger partial charge < -0.3 is 14.7 Å². The molecule has 0 saturated carbocycles. The van der Waals surface area contributed by atoms with E-state index in [1.807, 2.05) is 36.4 Å². The summed E-state index contributed by atoms with van der Waals surface area (Å²) >= 11 is 1.07. The molecule has 2 saturated heterocycles. The van der Waals surface area contributed by atoms with Gasteiger partial charge in [-0.05, 0) is 22.9 Å². The van der Waals surface area contributed by atoms with Gasteiger partial charge in [-0.25, -0.2) is 9.97 Å². The molecule has 5 rings (SSSR count). The topological polar surface area (TPSA) is 76.8 Å². The Morgan fingerprint density at radius 1 is 1.06 bits per heavy atom. The van der Waals surface area contributed by atoms with E-state index in [0.717, 1.165) is 28.6 Å². The summed E-state index contributed by atoms with van der Waals surface area (Å²) in [5, 5.41) is 13.9. The smallest absolute Gasteiger partial charge is 0.411 e. The van der Waals surface area contributed by atoms with E-state index in [9.17, 15) is 13.2 Å². The fourth-order valence-electron chi connectivity index (χ4n) is 3.68. The predicted octanol–water partition coefficient (Wildman–Crippen LogP) is 4.75. The monoisotopic (exact) mass is 447 g/mol. The summed E-state index contributed by atoms with van der Waals surface area (Å²) in [6.07, 6.45) is -5.36.